The molecule has 0 fully saturated rings. The number of pyridine rings is 2. The highest BCUT2D eigenvalue weighted by Crippen LogP contribution is 2.44. The number of aromatic nitrogens is 5. The fraction of sp³-hybridized carbons (Fsp3) is 0.203. The van der Waals surface area contributed by atoms with Gasteiger partial charge < -0.3 is 14.8 Å². The highest BCUT2D eigenvalue weighted by atomic mass is 32.2. The van der Waals surface area contributed by atoms with Crippen molar-refractivity contribution in [2.24, 2.45) is 30.7 Å². The second-order valence-corrected chi connectivity index (χ2v) is 33.3. The van der Waals surface area contributed by atoms with E-state index < -0.39 is 92.6 Å². The number of nitriles is 2. The van der Waals surface area contributed by atoms with Crippen LogP contribution in [-0.2, 0) is 71.3 Å². The fourth-order valence-electron chi connectivity index (χ4n) is 9.56. The van der Waals surface area contributed by atoms with Crippen LogP contribution >= 0.6 is 23.1 Å². The highest BCUT2D eigenvalue weighted by molar-refractivity contribution is 7.99. The van der Waals surface area contributed by atoms with Crippen molar-refractivity contribution in [3.8, 4) is 23.8 Å². The van der Waals surface area contributed by atoms with Gasteiger partial charge in [-0.25, -0.2) is 9.97 Å². The molecule has 46 heteroatoms. The fourth-order valence-corrected chi connectivity index (χ4v) is 13.9. The average molecular weight is 1620 g/mol. The van der Waals surface area contributed by atoms with Gasteiger partial charge in [0.15, 0.2) is 11.3 Å². The van der Waals surface area contributed by atoms with E-state index in [-0.39, 0.29) is 114 Å². The third-order valence-corrected chi connectivity index (χ3v) is 19.3. The number of benzene rings is 6. The molecule has 0 aliphatic heterocycles. The van der Waals surface area contributed by atoms with Crippen LogP contribution in [-0.4, -0.2) is 156 Å². The van der Waals surface area contributed by atoms with Crippen LogP contribution in [0.15, 0.2) is 153 Å². The van der Waals surface area contributed by atoms with Crippen molar-refractivity contribution in [2.75, 3.05) is 36.4 Å². The number of fused-ring (bicyclic) bond motifs is 9. The molecule has 37 nitrogen and oxygen atoms in total. The Hall–Kier alpha value is -10.0. The van der Waals surface area contributed by atoms with E-state index in [1.807, 2.05) is 24.3 Å². The minimum atomic E-state index is -4.86. The molecule has 6 aromatic carbocycles. The smallest absolute Gasteiger partial charge is 0.425 e. The maximum atomic E-state index is 12.4. The van der Waals surface area contributed by atoms with E-state index in [1.165, 1.54) is 28.7 Å². The lowest BCUT2D eigenvalue weighted by molar-refractivity contribution is 0.317. The van der Waals surface area contributed by atoms with E-state index >= 15 is 0 Å². The van der Waals surface area contributed by atoms with Crippen LogP contribution in [0.2, 0.25) is 0 Å². The molecule has 0 radical (unpaired) electrons. The molecule has 0 saturated heterocycles. The third-order valence-electron chi connectivity index (χ3n) is 13.9. The van der Waals surface area contributed by atoms with Gasteiger partial charge in [-0.15, -0.1) is 50.0 Å². The molecule has 0 amide bonds. The monoisotopic (exact) mass is 1620 g/mol. The van der Waals surface area contributed by atoms with Crippen LogP contribution in [0.4, 0.5) is 33.6 Å². The molecular formula is C59H55N13O24S9. The van der Waals surface area contributed by atoms with Gasteiger partial charge >= 0.3 is 10.6 Å². The summed E-state index contributed by atoms with van der Waals surface area (Å²) in [6.07, 6.45) is 1.33. The number of hydrogen-bond acceptors (Lipinski definition) is 30. The summed E-state index contributed by atoms with van der Waals surface area (Å²) in [5.74, 6) is -1.31. The van der Waals surface area contributed by atoms with Crippen molar-refractivity contribution >= 4 is 182 Å². The Morgan fingerprint density at radius 1 is 0.619 bits per heavy atom. The molecule has 0 atom stereocenters. The summed E-state index contributed by atoms with van der Waals surface area (Å²) in [6.45, 7) is 6.46. The van der Waals surface area contributed by atoms with E-state index in [9.17, 15) is 83.9 Å². The van der Waals surface area contributed by atoms with Crippen molar-refractivity contribution in [3.63, 3.8) is 0 Å². The highest BCUT2D eigenvalue weighted by Gasteiger charge is 2.25. The number of nitrogens with zero attached hydrogens (tertiary/aromatic N) is 12. The predicted octanol–water partition coefficient (Wildman–Crippen LogP) is 10.5. The number of thioether (sulfide) groups is 1. The molecular weight excluding hydrogens is 1560 g/mol. The maximum absolute atomic E-state index is 12.4. The lowest BCUT2D eigenvalue weighted by Gasteiger charge is -2.12. The minimum Gasteiger partial charge on any atom is -0.493 e. The second kappa shape index (κ2) is 33.4. The van der Waals surface area contributed by atoms with Gasteiger partial charge in [0.05, 0.1) is 84.9 Å². The predicted molar refractivity (Wildman–Crippen MR) is 383 cm³/mol. The molecule has 0 unspecified atom stereocenters. The van der Waals surface area contributed by atoms with Crippen molar-refractivity contribution in [3.05, 3.63) is 147 Å². The summed E-state index contributed by atoms with van der Waals surface area (Å²) in [7, 11) is -28.6. The summed E-state index contributed by atoms with van der Waals surface area (Å²) < 4.78 is 219. The summed E-state index contributed by atoms with van der Waals surface area (Å²) in [5.41, 5.74) is 6.47. The average Bonchev–Trinajstić information content (AvgIpc) is 1.64. The van der Waals surface area contributed by atoms with Gasteiger partial charge in [-0.1, -0.05) is 41.7 Å². The van der Waals surface area contributed by atoms with Crippen LogP contribution in [0.25, 0.3) is 54.4 Å². The molecule has 11 aromatic rings. The van der Waals surface area contributed by atoms with E-state index in [2.05, 4.69) is 57.8 Å². The van der Waals surface area contributed by atoms with Crippen LogP contribution in [0.1, 0.15) is 46.2 Å². The first-order valence-corrected chi connectivity index (χ1v) is 41.5. The zero-order chi connectivity index (χ0) is 78.1. The molecule has 105 heavy (non-hydrogen) atoms. The van der Waals surface area contributed by atoms with E-state index in [0.29, 0.717) is 56.3 Å². The Morgan fingerprint density at radius 3 is 1.77 bits per heavy atom. The zero-order valence-electron chi connectivity index (χ0n) is 54.7. The Bertz CT molecular complexity index is 6360. The van der Waals surface area contributed by atoms with Gasteiger partial charge in [0, 0.05) is 28.0 Å². The quantitative estimate of drug-likeness (QED) is 0.0171. The van der Waals surface area contributed by atoms with Crippen molar-refractivity contribution < 1.29 is 100 Å². The number of nitrogens with one attached hydrogen (secondary N) is 1. The molecule has 0 bridgehead atoms. The molecule has 11 rings (SSSR count). The Morgan fingerprint density at radius 2 is 1.17 bits per heavy atom. The zero-order valence-corrected chi connectivity index (χ0v) is 62.0. The van der Waals surface area contributed by atoms with Crippen molar-refractivity contribution in [1.29, 1.82) is 10.5 Å². The number of thiazole rings is 1. The van der Waals surface area contributed by atoms with E-state index in [0.717, 1.165) is 52.3 Å². The number of aromatic hydroxyl groups is 1. The summed E-state index contributed by atoms with van der Waals surface area (Å²) in [5, 5.41) is 57.3. The number of rotatable bonds is 18. The van der Waals surface area contributed by atoms with Gasteiger partial charge in [0.25, 0.3) is 66.3 Å². The maximum Gasteiger partial charge on any atom is 0.425 e. The van der Waals surface area contributed by atoms with E-state index in [1.54, 1.807) is 68.5 Å². The lowest BCUT2D eigenvalue weighted by atomic mass is 10.1. The third kappa shape index (κ3) is 22.5. The van der Waals surface area contributed by atoms with Crippen LogP contribution in [0.5, 0.6) is 11.6 Å². The number of para-hydroxylation sites is 4. The Kier molecular flexibility index (Phi) is 26.2. The Labute approximate surface area is 605 Å². The first kappa shape index (κ1) is 82.3. The van der Waals surface area contributed by atoms with Gasteiger partial charge in [-0.2, -0.15) is 66.1 Å². The number of aromatic amines is 1. The largest absolute Gasteiger partial charge is 0.493 e. The molecule has 5 heterocycles. The van der Waals surface area contributed by atoms with E-state index in [4.69, 9.17) is 31.7 Å². The number of H-pyrrole nitrogens is 1. The Balaban J connectivity index is 0.000000408. The number of hydrogen-bond donors (Lipinski definition) is 8. The normalized spacial score (nSPS) is 12.2. The summed E-state index contributed by atoms with van der Waals surface area (Å²) in [6, 6.07) is 30.9. The standard InChI is InChI=1S/C44H38N10O14S6.C13H9N3O.2CH4O3S.O3S/c1-23-16-33(50-52-39-25(3)29(22-45)42-46-30-8-4-5-9-35(30)54(42)43(39)55)36(68-12-6-14-71(56,57)58)20-31(23)48-51-34-17-24(2)32(21-37(34)69-13-7-15-72(59,60)61)49-53-44-47-40-38(74(65,66)67)18-26-10-11-27(73(62,63)64)19-28(26)41(40)70-44;1-8-6-12(17)16-11-5-3-2-4-10(11)15-13(16)9(8)7-14;2*1-5(2,3)4;1-4(2)3/h4-5,8-11,16-21,55H,6-7,12-15H2,1-3H3,(H,56,57,58)(H,59,60,61)(H,62,63,64)(H,65,66,67);2-6,15H,1H3;2*1H3,(H,2,3,4);. The SMILES string of the molecule is CS(=O)(=O)O.CS(=O)(=O)O.Cc1cc(=O)n2c([nH]c3ccccc32)c1C#N.Cc1cc(N=Nc2cc(OCCCS(=O)(=O)O)c(N=Nc3c(C)c(C#N)c4nc5ccccc5n4c3O)cc2C)c(SCCCS(=O)(=O)O)cc1N=Nc1nc2c(S(=O)(=O)O)cc3ccc(S(=O)(=O)O)cc3c2s1.O=S(=O)=O. The molecule has 8 N–H and O–H groups in total. The first-order chi connectivity index (χ1) is 48.7. The van der Waals surface area contributed by atoms with Gasteiger partial charge in [-0.05, 0) is 129 Å². The minimum absolute atomic E-state index is 0.0230. The summed E-state index contributed by atoms with van der Waals surface area (Å²) in [4.78, 5) is 23.2. The number of imidazole rings is 2. The number of ether oxygens (including phenoxy) is 1. The summed E-state index contributed by atoms with van der Waals surface area (Å²) >= 11 is 1.96. The number of azo groups is 3. The van der Waals surface area contributed by atoms with Crippen LogP contribution in [0.3, 0.4) is 0 Å². The molecule has 0 aliphatic carbocycles. The lowest BCUT2D eigenvalue weighted by Crippen LogP contribution is -2.13. The molecule has 554 valence electrons. The number of aryl methyl sites for hydroxylation is 3. The molecule has 0 spiro atoms. The van der Waals surface area contributed by atoms with Crippen LogP contribution in [0, 0.1) is 50.4 Å². The topological polar surface area (TPSA) is 596 Å². The molecule has 0 aliphatic rings. The van der Waals surface area contributed by atoms with Crippen molar-refractivity contribution in [2.45, 2.75) is 55.2 Å². The van der Waals surface area contributed by atoms with Gasteiger partial charge in [-0.3, -0.25) is 40.9 Å². The van der Waals surface area contributed by atoms with Crippen molar-refractivity contribution in [1.82, 2.24) is 23.8 Å². The van der Waals surface area contributed by atoms with Crippen LogP contribution < -0.4 is 10.3 Å². The molecule has 0 saturated carbocycles. The second-order valence-electron chi connectivity index (χ2n) is 21.9. The van der Waals surface area contributed by atoms with Gasteiger partial charge in [0.1, 0.15) is 45.2 Å². The first-order valence-electron chi connectivity index (χ1n) is 29.0. The molecule has 5 aromatic heterocycles. The van der Waals surface area contributed by atoms with Gasteiger partial charge in [0.2, 0.25) is 11.0 Å².